The number of hydrogen-bond acceptors (Lipinski definition) is 4. The lowest BCUT2D eigenvalue weighted by molar-refractivity contribution is 0.414. The fourth-order valence-electron chi connectivity index (χ4n) is 2.38. The quantitative estimate of drug-likeness (QED) is 0.881. The molecule has 0 aliphatic heterocycles. The summed E-state index contributed by atoms with van der Waals surface area (Å²) in [5.74, 6) is 0.910. The SMILES string of the molecule is CNC(CCc1ccc(OC)cc1)c1sc(C)nc1C. The summed E-state index contributed by atoms with van der Waals surface area (Å²) in [6, 6.07) is 8.69. The monoisotopic (exact) mass is 290 g/mol. The molecular formula is C16H22N2OS. The third kappa shape index (κ3) is 3.58. The molecule has 1 heterocycles. The van der Waals surface area contributed by atoms with E-state index in [4.69, 9.17) is 4.74 Å². The van der Waals surface area contributed by atoms with Gasteiger partial charge in [-0.2, -0.15) is 0 Å². The number of ether oxygens (including phenoxy) is 1. The van der Waals surface area contributed by atoms with Crippen molar-refractivity contribution in [2.24, 2.45) is 0 Å². The molecule has 0 spiro atoms. The summed E-state index contributed by atoms with van der Waals surface area (Å²) >= 11 is 1.79. The molecule has 1 aromatic heterocycles. The summed E-state index contributed by atoms with van der Waals surface area (Å²) in [5, 5.41) is 4.55. The summed E-state index contributed by atoms with van der Waals surface area (Å²) < 4.78 is 5.18. The lowest BCUT2D eigenvalue weighted by atomic mass is 10.0. The first-order valence-corrected chi connectivity index (χ1v) is 7.69. The van der Waals surface area contributed by atoms with E-state index in [-0.39, 0.29) is 0 Å². The normalized spacial score (nSPS) is 12.4. The number of aryl methyl sites for hydroxylation is 3. The van der Waals surface area contributed by atoms with Crippen LogP contribution in [-0.4, -0.2) is 19.1 Å². The van der Waals surface area contributed by atoms with Crippen LogP contribution in [0.15, 0.2) is 24.3 Å². The van der Waals surface area contributed by atoms with Gasteiger partial charge in [0.1, 0.15) is 5.75 Å². The van der Waals surface area contributed by atoms with Gasteiger partial charge >= 0.3 is 0 Å². The number of nitrogens with one attached hydrogen (secondary N) is 1. The zero-order chi connectivity index (χ0) is 14.5. The van der Waals surface area contributed by atoms with E-state index in [0.717, 1.165) is 29.3 Å². The van der Waals surface area contributed by atoms with Crippen LogP contribution in [0.25, 0.3) is 0 Å². The minimum atomic E-state index is 0.378. The highest BCUT2D eigenvalue weighted by atomic mass is 32.1. The molecule has 2 aromatic rings. The van der Waals surface area contributed by atoms with E-state index >= 15 is 0 Å². The largest absolute Gasteiger partial charge is 0.497 e. The first-order chi connectivity index (χ1) is 9.63. The molecule has 0 amide bonds. The molecule has 0 aliphatic rings. The fourth-order valence-corrected chi connectivity index (χ4v) is 3.45. The summed E-state index contributed by atoms with van der Waals surface area (Å²) in [7, 11) is 3.72. The van der Waals surface area contributed by atoms with Gasteiger partial charge in [-0.15, -0.1) is 11.3 Å². The van der Waals surface area contributed by atoms with E-state index < -0.39 is 0 Å². The average Bonchev–Trinajstić information content (AvgIpc) is 2.79. The highest BCUT2D eigenvalue weighted by Crippen LogP contribution is 2.28. The number of thiazole rings is 1. The average molecular weight is 290 g/mol. The van der Waals surface area contributed by atoms with Gasteiger partial charge < -0.3 is 10.1 Å². The van der Waals surface area contributed by atoms with E-state index in [1.807, 2.05) is 19.2 Å². The molecule has 108 valence electrons. The van der Waals surface area contributed by atoms with Crippen molar-refractivity contribution in [1.82, 2.24) is 10.3 Å². The van der Waals surface area contributed by atoms with Crippen LogP contribution in [0, 0.1) is 13.8 Å². The van der Waals surface area contributed by atoms with Gasteiger partial charge in [-0.1, -0.05) is 12.1 Å². The third-order valence-corrected chi connectivity index (χ3v) is 4.67. The van der Waals surface area contributed by atoms with Crippen LogP contribution in [0.2, 0.25) is 0 Å². The Kier molecular flexibility index (Phi) is 5.15. The van der Waals surface area contributed by atoms with E-state index in [1.165, 1.54) is 10.4 Å². The number of nitrogens with zero attached hydrogens (tertiary/aromatic N) is 1. The van der Waals surface area contributed by atoms with Crippen LogP contribution in [0.5, 0.6) is 5.75 Å². The maximum Gasteiger partial charge on any atom is 0.118 e. The van der Waals surface area contributed by atoms with Gasteiger partial charge in [0.05, 0.1) is 17.8 Å². The van der Waals surface area contributed by atoms with Gasteiger partial charge in [0.15, 0.2) is 0 Å². The highest BCUT2D eigenvalue weighted by molar-refractivity contribution is 7.11. The first-order valence-electron chi connectivity index (χ1n) is 6.88. The molecule has 0 saturated carbocycles. The van der Waals surface area contributed by atoms with Crippen LogP contribution < -0.4 is 10.1 Å². The topological polar surface area (TPSA) is 34.1 Å². The summed E-state index contributed by atoms with van der Waals surface area (Å²) in [4.78, 5) is 5.88. The van der Waals surface area contributed by atoms with Crippen molar-refractivity contribution < 1.29 is 4.74 Å². The second-order valence-electron chi connectivity index (χ2n) is 4.91. The van der Waals surface area contributed by atoms with Gasteiger partial charge in [-0.25, -0.2) is 4.98 Å². The minimum absolute atomic E-state index is 0.378. The molecule has 1 unspecified atom stereocenters. The van der Waals surface area contributed by atoms with Crippen molar-refractivity contribution in [2.45, 2.75) is 32.7 Å². The van der Waals surface area contributed by atoms with E-state index in [2.05, 4.69) is 36.3 Å². The van der Waals surface area contributed by atoms with Crippen molar-refractivity contribution in [3.05, 3.63) is 45.4 Å². The molecule has 2 rings (SSSR count). The maximum absolute atomic E-state index is 5.18. The number of hydrogen-bond donors (Lipinski definition) is 1. The number of aromatic nitrogens is 1. The van der Waals surface area contributed by atoms with Gasteiger partial charge in [-0.05, 0) is 51.4 Å². The molecule has 4 heteroatoms. The highest BCUT2D eigenvalue weighted by Gasteiger charge is 2.15. The van der Waals surface area contributed by atoms with Crippen molar-refractivity contribution in [3.63, 3.8) is 0 Å². The molecule has 1 N–H and O–H groups in total. The maximum atomic E-state index is 5.18. The Morgan fingerprint density at radius 3 is 2.45 bits per heavy atom. The van der Waals surface area contributed by atoms with Crippen LogP contribution in [0.1, 0.15) is 33.6 Å². The predicted molar refractivity (Wildman–Crippen MR) is 84.7 cm³/mol. The summed E-state index contributed by atoms with van der Waals surface area (Å²) in [5.41, 5.74) is 2.49. The molecule has 0 fully saturated rings. The Balaban J connectivity index is 2.01. The number of methoxy groups -OCH3 is 1. The Hall–Kier alpha value is -1.39. The Morgan fingerprint density at radius 2 is 1.95 bits per heavy atom. The lowest BCUT2D eigenvalue weighted by Gasteiger charge is -2.15. The zero-order valence-corrected chi connectivity index (χ0v) is 13.4. The zero-order valence-electron chi connectivity index (χ0n) is 12.6. The Bertz CT molecular complexity index is 548. The summed E-state index contributed by atoms with van der Waals surface area (Å²) in [6.45, 7) is 4.16. The van der Waals surface area contributed by atoms with Crippen molar-refractivity contribution >= 4 is 11.3 Å². The molecule has 0 radical (unpaired) electrons. The van der Waals surface area contributed by atoms with Crippen molar-refractivity contribution in [2.75, 3.05) is 14.2 Å². The second-order valence-corrected chi connectivity index (χ2v) is 6.15. The van der Waals surface area contributed by atoms with Crippen LogP contribution in [-0.2, 0) is 6.42 Å². The first kappa shape index (κ1) is 15.0. The van der Waals surface area contributed by atoms with Crippen LogP contribution in [0.4, 0.5) is 0 Å². The summed E-state index contributed by atoms with van der Waals surface area (Å²) in [6.07, 6.45) is 2.12. The number of benzene rings is 1. The van der Waals surface area contributed by atoms with Gasteiger partial charge in [-0.3, -0.25) is 0 Å². The molecule has 1 atom stereocenters. The van der Waals surface area contributed by atoms with Crippen LogP contribution >= 0.6 is 11.3 Å². The van der Waals surface area contributed by atoms with Crippen molar-refractivity contribution in [1.29, 1.82) is 0 Å². The third-order valence-electron chi connectivity index (χ3n) is 3.49. The Morgan fingerprint density at radius 1 is 1.25 bits per heavy atom. The molecule has 0 aliphatic carbocycles. The standard InChI is InChI=1S/C16H22N2OS/c1-11-16(20-12(2)18-11)15(17-3)10-7-13-5-8-14(19-4)9-6-13/h5-6,8-9,15,17H,7,10H2,1-4H3. The van der Waals surface area contributed by atoms with Gasteiger partial charge in [0, 0.05) is 10.9 Å². The fraction of sp³-hybridized carbons (Fsp3) is 0.438. The van der Waals surface area contributed by atoms with Gasteiger partial charge in [0.25, 0.3) is 0 Å². The van der Waals surface area contributed by atoms with Crippen LogP contribution in [0.3, 0.4) is 0 Å². The minimum Gasteiger partial charge on any atom is -0.497 e. The second kappa shape index (κ2) is 6.86. The van der Waals surface area contributed by atoms with E-state index in [0.29, 0.717) is 6.04 Å². The molecule has 0 saturated heterocycles. The van der Waals surface area contributed by atoms with E-state index in [9.17, 15) is 0 Å². The van der Waals surface area contributed by atoms with Crippen molar-refractivity contribution in [3.8, 4) is 5.75 Å². The predicted octanol–water partition coefficient (Wildman–Crippen LogP) is 3.66. The van der Waals surface area contributed by atoms with Gasteiger partial charge in [0.2, 0.25) is 0 Å². The molecular weight excluding hydrogens is 268 g/mol. The smallest absolute Gasteiger partial charge is 0.118 e. The molecule has 1 aromatic carbocycles. The lowest BCUT2D eigenvalue weighted by Crippen LogP contribution is -2.16. The molecule has 3 nitrogen and oxygen atoms in total. The Labute approximate surface area is 125 Å². The number of rotatable bonds is 6. The van der Waals surface area contributed by atoms with E-state index in [1.54, 1.807) is 18.4 Å². The molecule has 0 bridgehead atoms. The molecule has 20 heavy (non-hydrogen) atoms.